The van der Waals surface area contributed by atoms with Gasteiger partial charge in [-0.2, -0.15) is 0 Å². The summed E-state index contributed by atoms with van der Waals surface area (Å²) in [5, 5.41) is 45.4. The number of aliphatic imine (C=N–C) groups is 3. The van der Waals surface area contributed by atoms with Crippen LogP contribution >= 0.6 is 77.5 Å². The lowest BCUT2D eigenvalue weighted by molar-refractivity contribution is -0.143. The average molecular weight is 1770 g/mol. The molecule has 6 aliphatic rings. The van der Waals surface area contributed by atoms with Gasteiger partial charge in [-0.05, 0) is 74.7 Å². The number of ether oxygens (including phenoxy) is 3. The number of carboxylic acid groups (broad SMARTS) is 3. The van der Waals surface area contributed by atoms with Crippen molar-refractivity contribution >= 4 is 160 Å². The molecular formula is C67H68Br2ClF3N12O18S6. The Kier molecular flexibility index (Phi) is 27.7. The van der Waals surface area contributed by atoms with E-state index in [0.29, 0.717) is 69.6 Å². The number of nitrogens with one attached hydrogen (secondary N) is 3. The molecule has 3 aromatic carbocycles. The first-order valence-electron chi connectivity index (χ1n) is 33.1. The zero-order chi connectivity index (χ0) is 78.8. The number of sulfone groups is 3. The van der Waals surface area contributed by atoms with Gasteiger partial charge in [0, 0.05) is 111 Å². The SMILES string of the molecule is CCOC(=O)C1=C(CN2CCCS(=O)(=O)CC2C(=O)O)NC(c2nccs2)=NC1c1ccc(F)cc1Br.CCOC(=O)C1=C(CN2CCS(=O)(=O)C[C@H]2C(=O)O)NC(c2nccs2)=N[C@H]1c1ccc(F)cc1Br.CCOC(=O)C1=C(CN2CCS(=O)(=O)C[C@H]2C(=O)O)NC(c2nccs2)=N[C@H]1c1ccc(F)cc1Cl. The predicted molar refractivity (Wildman–Crippen MR) is 404 cm³/mol. The first-order valence-corrected chi connectivity index (χ1v) is 43.2. The van der Waals surface area contributed by atoms with Crippen LogP contribution in [0.3, 0.4) is 0 Å². The quantitative estimate of drug-likeness (QED) is 0.0323. The van der Waals surface area contributed by atoms with Gasteiger partial charge in [-0.15, -0.1) is 34.0 Å². The molecule has 0 spiro atoms. The lowest BCUT2D eigenvalue weighted by Gasteiger charge is -2.35. The van der Waals surface area contributed by atoms with E-state index in [1.807, 2.05) is 0 Å². The molecule has 6 atom stereocenters. The smallest absolute Gasteiger partial charge is 0.338 e. The second-order valence-electron chi connectivity index (χ2n) is 24.5. The second kappa shape index (κ2) is 36.3. The molecule has 582 valence electrons. The van der Waals surface area contributed by atoms with Crippen molar-refractivity contribution in [2.75, 3.05) is 93.6 Å². The van der Waals surface area contributed by atoms with Crippen molar-refractivity contribution in [3.8, 4) is 0 Å². The monoisotopic (exact) mass is 1770 g/mol. The number of nitrogens with zero attached hydrogens (tertiary/aromatic N) is 9. The number of carbonyl (C=O) groups is 6. The maximum Gasteiger partial charge on any atom is 0.338 e. The van der Waals surface area contributed by atoms with Crippen LogP contribution in [0.15, 0.2) is 147 Å². The van der Waals surface area contributed by atoms with Crippen LogP contribution in [-0.4, -0.2) is 235 Å². The van der Waals surface area contributed by atoms with Gasteiger partial charge in [0.1, 0.15) is 53.7 Å². The van der Waals surface area contributed by atoms with E-state index < -0.39 is 136 Å². The number of amidine groups is 3. The molecule has 9 heterocycles. The Morgan fingerprint density at radius 2 is 0.807 bits per heavy atom. The van der Waals surface area contributed by atoms with Crippen LogP contribution in [0.5, 0.6) is 0 Å². The highest BCUT2D eigenvalue weighted by Gasteiger charge is 2.44. The van der Waals surface area contributed by atoms with Crippen molar-refractivity contribution in [2.45, 2.75) is 63.4 Å². The number of hydrogen-bond acceptors (Lipinski definition) is 30. The highest BCUT2D eigenvalue weighted by Crippen LogP contribution is 2.41. The molecule has 0 bridgehead atoms. The normalized spacial score (nSPS) is 22.0. The topological polar surface area (TPSA) is 415 Å². The molecule has 6 aliphatic heterocycles. The van der Waals surface area contributed by atoms with Crippen molar-refractivity contribution in [3.63, 3.8) is 0 Å². The summed E-state index contributed by atoms with van der Waals surface area (Å²) in [4.78, 5) is 107. The number of carbonyl (C=O) groups excluding carboxylic acids is 3. The van der Waals surface area contributed by atoms with Crippen molar-refractivity contribution in [1.29, 1.82) is 0 Å². The molecule has 30 nitrogen and oxygen atoms in total. The van der Waals surface area contributed by atoms with Crippen LogP contribution in [0.25, 0.3) is 0 Å². The summed E-state index contributed by atoms with van der Waals surface area (Å²) in [5.41, 5.74) is 2.49. The standard InChI is InChI=1S/C23H24BrFN4O6S2.C22H22BrFN4O6S2.C22H22ClFN4O6S2/c1-2-35-23(32)18-16(11-29-7-3-9-37(33,34)12-17(29)22(30)31)27-20(21-26-6-8-36-21)28-19(18)14-5-4-13(25)10-15(14)24;2*1-2-34-22(31)17-15(10-28-6-8-36(32,33)11-16(28)21(29)30)26-19(20-25-5-7-35-20)27-18(17)13-4-3-12(24)9-14(13)23/h4-6,8,10,17,19H,2-3,7,9,11-12H2,1H3,(H,27,28)(H,30,31);2*3-5,7,9,16,18H,2,6,8,10-11H2,1H3,(H,26,27)(H,29,30)/t;2*16-,18-/m.00/s1. The van der Waals surface area contributed by atoms with Crippen LogP contribution in [0.2, 0.25) is 5.02 Å². The Labute approximate surface area is 656 Å². The fourth-order valence-electron chi connectivity index (χ4n) is 12.3. The van der Waals surface area contributed by atoms with Crippen LogP contribution in [0.4, 0.5) is 13.2 Å². The number of aliphatic carboxylic acids is 3. The molecular weight excluding hydrogens is 1710 g/mol. The summed E-state index contributed by atoms with van der Waals surface area (Å²) in [7, 11) is -10.6. The molecule has 6 aromatic rings. The van der Waals surface area contributed by atoms with E-state index in [-0.39, 0.29) is 110 Å². The lowest BCUT2D eigenvalue weighted by atomic mass is 9.95. The number of aromatic nitrogens is 3. The molecule has 42 heteroatoms. The number of benzene rings is 3. The molecule has 0 radical (unpaired) electrons. The first-order chi connectivity index (χ1) is 51.8. The average Bonchev–Trinajstić information content (AvgIpc) is 1.65. The van der Waals surface area contributed by atoms with E-state index in [0.717, 1.165) is 6.07 Å². The van der Waals surface area contributed by atoms with E-state index in [2.05, 4.69) is 67.8 Å². The van der Waals surface area contributed by atoms with Crippen LogP contribution in [0, 0.1) is 17.5 Å². The van der Waals surface area contributed by atoms with E-state index in [1.165, 1.54) is 97.2 Å². The Bertz CT molecular complexity index is 4830. The van der Waals surface area contributed by atoms with Gasteiger partial charge >= 0.3 is 35.8 Å². The van der Waals surface area contributed by atoms with Gasteiger partial charge in [0.15, 0.2) is 62.0 Å². The van der Waals surface area contributed by atoms with Gasteiger partial charge in [-0.25, -0.2) is 67.8 Å². The summed E-state index contributed by atoms with van der Waals surface area (Å²) in [5.74, 6) is -8.65. The third-order valence-electron chi connectivity index (χ3n) is 17.3. The van der Waals surface area contributed by atoms with Gasteiger partial charge in [0.25, 0.3) is 0 Å². The van der Waals surface area contributed by atoms with E-state index in [4.69, 9.17) is 35.8 Å². The number of thiazole rings is 3. The zero-order valence-electron chi connectivity index (χ0n) is 57.6. The lowest BCUT2D eigenvalue weighted by Crippen LogP contribution is -2.54. The van der Waals surface area contributed by atoms with E-state index in [9.17, 15) is 82.5 Å². The van der Waals surface area contributed by atoms with E-state index >= 15 is 0 Å². The minimum atomic E-state index is -3.56. The Balaban J connectivity index is 0.000000174. The summed E-state index contributed by atoms with van der Waals surface area (Å²) >= 11 is 17.0. The number of rotatable bonds is 21. The third kappa shape index (κ3) is 20.7. The fraction of sp³-hybridized carbons (Fsp3) is 0.373. The molecule has 3 fully saturated rings. The molecule has 3 saturated heterocycles. The molecule has 109 heavy (non-hydrogen) atoms. The van der Waals surface area contributed by atoms with E-state index in [1.54, 1.807) is 55.5 Å². The van der Waals surface area contributed by atoms with Gasteiger partial charge in [-0.3, -0.25) is 44.1 Å². The van der Waals surface area contributed by atoms with Gasteiger partial charge in [0.05, 0.1) is 71.1 Å². The van der Waals surface area contributed by atoms with Gasteiger partial charge < -0.3 is 45.5 Å². The Morgan fingerprint density at radius 3 is 1.11 bits per heavy atom. The van der Waals surface area contributed by atoms with Gasteiger partial charge in [0.2, 0.25) is 0 Å². The second-order valence-corrected chi connectivity index (χ2v) is 36.0. The Morgan fingerprint density at radius 1 is 0.495 bits per heavy atom. The van der Waals surface area contributed by atoms with Crippen molar-refractivity contribution < 1.29 is 96.7 Å². The van der Waals surface area contributed by atoms with Crippen molar-refractivity contribution in [1.82, 2.24) is 45.6 Å². The molecule has 12 rings (SSSR count). The summed E-state index contributed by atoms with van der Waals surface area (Å²) in [6.07, 6.45) is 5.00. The number of esters is 3. The maximum absolute atomic E-state index is 13.9. The van der Waals surface area contributed by atoms with Gasteiger partial charge in [-0.1, -0.05) is 61.7 Å². The minimum absolute atomic E-state index is 0.0325. The molecule has 6 N–H and O–H groups in total. The summed E-state index contributed by atoms with van der Waals surface area (Å²) in [6, 6.07) is 4.99. The molecule has 3 aromatic heterocycles. The molecule has 0 aliphatic carbocycles. The number of carboxylic acids is 3. The van der Waals surface area contributed by atoms with Crippen LogP contribution < -0.4 is 16.0 Å². The molecule has 2 unspecified atom stereocenters. The highest BCUT2D eigenvalue weighted by molar-refractivity contribution is 9.10. The van der Waals surface area contributed by atoms with Crippen LogP contribution in [-0.2, 0) is 72.5 Å². The zero-order valence-corrected chi connectivity index (χ0v) is 66.5. The largest absolute Gasteiger partial charge is 0.480 e. The Hall–Kier alpha value is -8.23. The first kappa shape index (κ1) is 83.2. The maximum atomic E-state index is 13.9. The van der Waals surface area contributed by atoms with Crippen molar-refractivity contribution in [3.05, 3.63) is 186 Å². The summed E-state index contributed by atoms with van der Waals surface area (Å²) < 4.78 is 131. The molecule has 0 saturated carbocycles. The fourth-order valence-corrected chi connectivity index (χ4v) is 20.1. The number of hydrogen-bond donors (Lipinski definition) is 6. The summed E-state index contributed by atoms with van der Waals surface area (Å²) in [6.45, 7) is 4.98. The van der Waals surface area contributed by atoms with Crippen LogP contribution in [0.1, 0.15) is 77.0 Å². The highest BCUT2D eigenvalue weighted by atomic mass is 79.9. The predicted octanol–water partition coefficient (Wildman–Crippen LogP) is 6.69. The van der Waals surface area contributed by atoms with Crippen molar-refractivity contribution in [2.24, 2.45) is 15.0 Å². The third-order valence-corrected chi connectivity index (χ3v) is 26.3. The molecule has 0 amide bonds. The number of halogens is 6. The minimum Gasteiger partial charge on any atom is -0.480 e.